The summed E-state index contributed by atoms with van der Waals surface area (Å²) < 4.78 is 11.2. The van der Waals surface area contributed by atoms with Gasteiger partial charge in [0.1, 0.15) is 6.61 Å². The second kappa shape index (κ2) is 4.46. The molecule has 1 aromatic heterocycles. The summed E-state index contributed by atoms with van der Waals surface area (Å²) in [6.45, 7) is 2.25. The lowest BCUT2D eigenvalue weighted by molar-refractivity contribution is 0.0590. The van der Waals surface area contributed by atoms with Crippen LogP contribution < -0.4 is 9.47 Å². The van der Waals surface area contributed by atoms with Crippen LogP contribution >= 0.6 is 11.3 Å². The second-order valence-electron chi connectivity index (χ2n) is 4.14. The van der Waals surface area contributed by atoms with E-state index in [9.17, 15) is 4.79 Å². The summed E-state index contributed by atoms with van der Waals surface area (Å²) in [4.78, 5) is 14.1. The van der Waals surface area contributed by atoms with Crippen molar-refractivity contribution in [3.05, 3.63) is 46.2 Å². The van der Waals surface area contributed by atoms with E-state index >= 15 is 0 Å². The molecule has 0 fully saturated rings. The van der Waals surface area contributed by atoms with Crippen LogP contribution in [0.1, 0.15) is 14.5 Å². The maximum absolute atomic E-state index is 12.2. The molecule has 1 aromatic carbocycles. The van der Waals surface area contributed by atoms with Crippen molar-refractivity contribution in [1.82, 2.24) is 0 Å². The standard InChI is InChI=1S/C14H12O3S/c1-9-6-7-13(18-9)14(15)12-8-16-10-4-2-3-5-11(10)17-12/h2-7,12H,8H2,1H3. The number of benzene rings is 1. The average molecular weight is 260 g/mol. The van der Waals surface area contributed by atoms with E-state index in [4.69, 9.17) is 9.47 Å². The highest BCUT2D eigenvalue weighted by molar-refractivity contribution is 7.14. The number of hydrogen-bond acceptors (Lipinski definition) is 4. The van der Waals surface area contributed by atoms with E-state index in [1.165, 1.54) is 11.3 Å². The molecule has 0 saturated carbocycles. The summed E-state index contributed by atoms with van der Waals surface area (Å²) in [5, 5.41) is 0. The largest absolute Gasteiger partial charge is 0.485 e. The van der Waals surface area contributed by atoms with Crippen LogP contribution in [0, 0.1) is 6.92 Å². The molecule has 0 N–H and O–H groups in total. The third-order valence-electron chi connectivity index (χ3n) is 2.78. The van der Waals surface area contributed by atoms with Crippen LogP contribution in [0.15, 0.2) is 36.4 Å². The maximum atomic E-state index is 12.2. The van der Waals surface area contributed by atoms with Gasteiger partial charge in [0.25, 0.3) is 0 Å². The van der Waals surface area contributed by atoms with Gasteiger partial charge in [0.05, 0.1) is 4.88 Å². The van der Waals surface area contributed by atoms with Gasteiger partial charge in [-0.3, -0.25) is 4.79 Å². The Kier molecular flexibility index (Phi) is 2.80. The predicted octanol–water partition coefficient (Wildman–Crippen LogP) is 3.08. The smallest absolute Gasteiger partial charge is 0.216 e. The Morgan fingerprint density at radius 1 is 1.22 bits per heavy atom. The molecule has 2 heterocycles. The zero-order valence-electron chi connectivity index (χ0n) is 9.88. The van der Waals surface area contributed by atoms with Crippen molar-refractivity contribution in [1.29, 1.82) is 0 Å². The van der Waals surface area contributed by atoms with Crippen molar-refractivity contribution in [3.63, 3.8) is 0 Å². The molecule has 0 saturated heterocycles. The van der Waals surface area contributed by atoms with Crippen LogP contribution in [-0.2, 0) is 0 Å². The fourth-order valence-electron chi connectivity index (χ4n) is 1.87. The number of carbonyl (C=O) groups excluding carboxylic acids is 1. The molecule has 0 aliphatic carbocycles. The van der Waals surface area contributed by atoms with Crippen molar-refractivity contribution in [2.45, 2.75) is 13.0 Å². The molecule has 1 atom stereocenters. The Morgan fingerprint density at radius 2 is 2.00 bits per heavy atom. The summed E-state index contributed by atoms with van der Waals surface area (Å²) in [5.41, 5.74) is 0. The molecule has 3 nitrogen and oxygen atoms in total. The third kappa shape index (κ3) is 1.99. The number of aryl methyl sites for hydroxylation is 1. The predicted molar refractivity (Wildman–Crippen MR) is 69.7 cm³/mol. The molecule has 4 heteroatoms. The molecule has 2 aromatic rings. The second-order valence-corrected chi connectivity index (χ2v) is 5.43. The molecule has 92 valence electrons. The third-order valence-corrected chi connectivity index (χ3v) is 3.80. The monoisotopic (exact) mass is 260 g/mol. The van der Waals surface area contributed by atoms with Gasteiger partial charge in [-0.05, 0) is 31.2 Å². The normalized spacial score (nSPS) is 17.5. The fraction of sp³-hybridized carbons (Fsp3) is 0.214. The first kappa shape index (κ1) is 11.3. The Balaban J connectivity index is 1.82. The van der Waals surface area contributed by atoms with Gasteiger partial charge in [-0.2, -0.15) is 0 Å². The number of rotatable bonds is 2. The first-order valence-electron chi connectivity index (χ1n) is 5.73. The number of ketones is 1. The molecule has 3 rings (SSSR count). The molecular weight excluding hydrogens is 248 g/mol. The molecule has 0 spiro atoms. The Bertz CT molecular complexity index is 588. The van der Waals surface area contributed by atoms with Gasteiger partial charge in [-0.1, -0.05) is 12.1 Å². The van der Waals surface area contributed by atoms with Gasteiger partial charge in [-0.15, -0.1) is 11.3 Å². The van der Waals surface area contributed by atoms with E-state index in [0.29, 0.717) is 11.5 Å². The molecule has 1 aliphatic heterocycles. The number of fused-ring (bicyclic) bond motifs is 1. The van der Waals surface area contributed by atoms with E-state index in [0.717, 1.165) is 9.75 Å². The summed E-state index contributed by atoms with van der Waals surface area (Å²) in [6, 6.07) is 11.2. The Morgan fingerprint density at radius 3 is 2.72 bits per heavy atom. The number of hydrogen-bond donors (Lipinski definition) is 0. The topological polar surface area (TPSA) is 35.5 Å². The molecule has 0 radical (unpaired) electrons. The zero-order valence-corrected chi connectivity index (χ0v) is 10.7. The highest BCUT2D eigenvalue weighted by atomic mass is 32.1. The van der Waals surface area contributed by atoms with Gasteiger partial charge in [0.2, 0.25) is 5.78 Å². The van der Waals surface area contributed by atoms with E-state index in [-0.39, 0.29) is 12.4 Å². The highest BCUT2D eigenvalue weighted by Crippen LogP contribution is 2.32. The van der Waals surface area contributed by atoms with E-state index in [2.05, 4.69) is 0 Å². The summed E-state index contributed by atoms with van der Waals surface area (Å²) in [6.07, 6.45) is -0.544. The van der Waals surface area contributed by atoms with E-state index < -0.39 is 6.10 Å². The van der Waals surface area contributed by atoms with Gasteiger partial charge < -0.3 is 9.47 Å². The quantitative estimate of drug-likeness (QED) is 0.778. The Labute approximate surface area is 109 Å². The Hall–Kier alpha value is -1.81. The minimum atomic E-state index is -0.544. The number of Topliss-reactive ketones (excluding diaryl/α,β-unsaturated/α-hetero) is 1. The lowest BCUT2D eigenvalue weighted by Gasteiger charge is -2.25. The van der Waals surface area contributed by atoms with Crippen LogP contribution in [0.5, 0.6) is 11.5 Å². The van der Waals surface area contributed by atoms with E-state index in [1.807, 2.05) is 43.3 Å². The number of para-hydroxylation sites is 2. The fourth-order valence-corrected chi connectivity index (χ4v) is 2.73. The van der Waals surface area contributed by atoms with E-state index in [1.54, 1.807) is 0 Å². The van der Waals surface area contributed by atoms with Gasteiger partial charge in [0, 0.05) is 4.88 Å². The van der Waals surface area contributed by atoms with Crippen molar-refractivity contribution in [2.75, 3.05) is 6.61 Å². The van der Waals surface area contributed by atoms with Crippen LogP contribution in [0.4, 0.5) is 0 Å². The lowest BCUT2D eigenvalue weighted by Crippen LogP contribution is -2.36. The maximum Gasteiger partial charge on any atom is 0.216 e. The molecule has 1 aliphatic rings. The summed E-state index contributed by atoms with van der Waals surface area (Å²) in [7, 11) is 0. The minimum Gasteiger partial charge on any atom is -0.485 e. The summed E-state index contributed by atoms with van der Waals surface area (Å²) in [5.74, 6) is 1.32. The molecule has 1 unspecified atom stereocenters. The number of carbonyl (C=O) groups is 1. The van der Waals surface area contributed by atoms with Gasteiger partial charge in [-0.25, -0.2) is 0 Å². The van der Waals surface area contributed by atoms with Gasteiger partial charge >= 0.3 is 0 Å². The van der Waals surface area contributed by atoms with Crippen molar-refractivity contribution in [2.24, 2.45) is 0 Å². The molecule has 0 amide bonds. The first-order valence-corrected chi connectivity index (χ1v) is 6.55. The SMILES string of the molecule is Cc1ccc(C(=O)C2COc3ccccc3O2)s1. The van der Waals surface area contributed by atoms with Crippen molar-refractivity contribution < 1.29 is 14.3 Å². The van der Waals surface area contributed by atoms with Crippen LogP contribution in [0.25, 0.3) is 0 Å². The summed E-state index contributed by atoms with van der Waals surface area (Å²) >= 11 is 1.49. The average Bonchev–Trinajstić information content (AvgIpc) is 2.84. The molecular formula is C14H12O3S. The lowest BCUT2D eigenvalue weighted by atomic mass is 10.2. The van der Waals surface area contributed by atoms with Crippen LogP contribution in [0.2, 0.25) is 0 Å². The minimum absolute atomic E-state index is 0.0115. The van der Waals surface area contributed by atoms with Crippen molar-refractivity contribution in [3.8, 4) is 11.5 Å². The molecule has 18 heavy (non-hydrogen) atoms. The van der Waals surface area contributed by atoms with Gasteiger partial charge in [0.15, 0.2) is 17.6 Å². The number of ether oxygens (including phenoxy) is 2. The first-order chi connectivity index (χ1) is 8.74. The van der Waals surface area contributed by atoms with Crippen molar-refractivity contribution >= 4 is 17.1 Å². The number of thiophene rings is 1. The zero-order chi connectivity index (χ0) is 12.5. The van der Waals surface area contributed by atoms with Crippen LogP contribution in [-0.4, -0.2) is 18.5 Å². The highest BCUT2D eigenvalue weighted by Gasteiger charge is 2.28. The molecule has 0 bridgehead atoms. The van der Waals surface area contributed by atoms with Crippen LogP contribution in [0.3, 0.4) is 0 Å².